The number of ether oxygens (including phenoxy) is 1. The van der Waals surface area contributed by atoms with Crippen LogP contribution in [0.25, 0.3) is 0 Å². The van der Waals surface area contributed by atoms with E-state index in [1.807, 2.05) is 13.0 Å². The van der Waals surface area contributed by atoms with Crippen molar-refractivity contribution < 1.29 is 14.2 Å². The van der Waals surface area contributed by atoms with Gasteiger partial charge in [-0.2, -0.15) is 0 Å². The number of aryl methyl sites for hydroxylation is 1. The van der Waals surface area contributed by atoms with Gasteiger partial charge in [-0.05, 0) is 36.2 Å². The molecule has 0 spiro atoms. The van der Waals surface area contributed by atoms with Crippen molar-refractivity contribution in [1.82, 2.24) is 4.98 Å². The second-order valence-corrected chi connectivity index (χ2v) is 5.31. The highest BCUT2D eigenvalue weighted by molar-refractivity contribution is 9.10. The zero-order chi connectivity index (χ0) is 14.5. The first-order valence-electron chi connectivity index (χ1n) is 6.36. The summed E-state index contributed by atoms with van der Waals surface area (Å²) in [5, 5.41) is 9.25. The van der Waals surface area contributed by atoms with E-state index in [2.05, 4.69) is 20.9 Å². The van der Waals surface area contributed by atoms with E-state index in [1.54, 1.807) is 18.2 Å². The Morgan fingerprint density at radius 3 is 2.80 bits per heavy atom. The van der Waals surface area contributed by atoms with Crippen LogP contribution in [-0.2, 0) is 13.0 Å². The predicted molar refractivity (Wildman–Crippen MR) is 78.3 cm³/mol. The third-order valence-corrected chi connectivity index (χ3v) is 3.20. The van der Waals surface area contributed by atoms with Gasteiger partial charge in [0.25, 0.3) is 0 Å². The van der Waals surface area contributed by atoms with E-state index in [4.69, 9.17) is 4.74 Å². The normalized spacial score (nSPS) is 10.6. The number of hydrogen-bond donors (Lipinski definition) is 1. The third-order valence-electron chi connectivity index (χ3n) is 2.71. The molecule has 0 aliphatic heterocycles. The molecule has 3 nitrogen and oxygen atoms in total. The fourth-order valence-electron chi connectivity index (χ4n) is 1.82. The SMILES string of the molecule is CCCc1cc(CO)cc(Oc2cc(Br)ccc2F)n1. The highest BCUT2D eigenvalue weighted by Gasteiger charge is 2.09. The van der Waals surface area contributed by atoms with Crippen LogP contribution in [0.3, 0.4) is 0 Å². The minimum absolute atomic E-state index is 0.101. The standard InChI is InChI=1S/C15H15BrFNO2/c1-2-3-12-6-10(9-19)7-15(18-12)20-14-8-11(16)4-5-13(14)17/h4-8,19H,2-3,9H2,1H3. The molecular weight excluding hydrogens is 325 g/mol. The quantitative estimate of drug-likeness (QED) is 0.886. The van der Waals surface area contributed by atoms with E-state index in [0.717, 1.165) is 23.0 Å². The Morgan fingerprint density at radius 1 is 1.30 bits per heavy atom. The van der Waals surface area contributed by atoms with Gasteiger partial charge in [-0.15, -0.1) is 0 Å². The molecule has 1 heterocycles. The first-order chi connectivity index (χ1) is 9.62. The van der Waals surface area contributed by atoms with Crippen LogP contribution < -0.4 is 4.74 Å². The van der Waals surface area contributed by atoms with Gasteiger partial charge in [0, 0.05) is 16.2 Å². The summed E-state index contributed by atoms with van der Waals surface area (Å²) in [5.41, 5.74) is 1.53. The van der Waals surface area contributed by atoms with E-state index in [1.165, 1.54) is 6.07 Å². The smallest absolute Gasteiger partial charge is 0.219 e. The lowest BCUT2D eigenvalue weighted by molar-refractivity contribution is 0.280. The first-order valence-corrected chi connectivity index (χ1v) is 7.15. The fraction of sp³-hybridized carbons (Fsp3) is 0.267. The topological polar surface area (TPSA) is 42.4 Å². The Labute approximate surface area is 125 Å². The number of benzene rings is 1. The van der Waals surface area contributed by atoms with Crippen LogP contribution >= 0.6 is 15.9 Å². The molecule has 0 bridgehead atoms. The molecule has 1 N–H and O–H groups in total. The Bertz CT molecular complexity index is 604. The number of rotatable bonds is 5. The van der Waals surface area contributed by atoms with Gasteiger partial charge in [0.2, 0.25) is 5.88 Å². The molecule has 0 unspecified atom stereocenters. The van der Waals surface area contributed by atoms with E-state index < -0.39 is 5.82 Å². The number of nitrogens with zero attached hydrogens (tertiary/aromatic N) is 1. The van der Waals surface area contributed by atoms with Gasteiger partial charge in [0.15, 0.2) is 11.6 Å². The van der Waals surface area contributed by atoms with Gasteiger partial charge in [-0.3, -0.25) is 0 Å². The van der Waals surface area contributed by atoms with E-state index in [9.17, 15) is 9.50 Å². The Morgan fingerprint density at radius 2 is 2.10 bits per heavy atom. The summed E-state index contributed by atoms with van der Waals surface area (Å²) >= 11 is 3.27. The summed E-state index contributed by atoms with van der Waals surface area (Å²) in [7, 11) is 0. The van der Waals surface area contributed by atoms with Crippen molar-refractivity contribution in [2.24, 2.45) is 0 Å². The number of aliphatic hydroxyl groups is 1. The zero-order valence-corrected chi connectivity index (χ0v) is 12.7. The van der Waals surface area contributed by atoms with E-state index in [-0.39, 0.29) is 18.2 Å². The largest absolute Gasteiger partial charge is 0.436 e. The highest BCUT2D eigenvalue weighted by Crippen LogP contribution is 2.27. The monoisotopic (exact) mass is 339 g/mol. The second kappa shape index (κ2) is 6.81. The van der Waals surface area contributed by atoms with Gasteiger partial charge in [-0.1, -0.05) is 29.3 Å². The van der Waals surface area contributed by atoms with Gasteiger partial charge in [0.1, 0.15) is 0 Å². The summed E-state index contributed by atoms with van der Waals surface area (Å²) in [6.45, 7) is 1.94. The number of pyridine rings is 1. The van der Waals surface area contributed by atoms with Crippen LogP contribution in [0.15, 0.2) is 34.8 Å². The molecule has 20 heavy (non-hydrogen) atoms. The Hall–Kier alpha value is -1.46. The molecule has 0 amide bonds. The van der Waals surface area contributed by atoms with Gasteiger partial charge in [-0.25, -0.2) is 9.37 Å². The molecule has 1 aromatic carbocycles. The Balaban J connectivity index is 2.32. The van der Waals surface area contributed by atoms with Crippen LogP contribution in [0.5, 0.6) is 11.6 Å². The number of hydrogen-bond acceptors (Lipinski definition) is 3. The van der Waals surface area contributed by atoms with Crippen molar-refractivity contribution in [3.8, 4) is 11.6 Å². The second-order valence-electron chi connectivity index (χ2n) is 4.39. The highest BCUT2D eigenvalue weighted by atomic mass is 79.9. The molecule has 0 radical (unpaired) electrons. The minimum Gasteiger partial charge on any atom is -0.436 e. The summed E-state index contributed by atoms with van der Waals surface area (Å²) in [5.74, 6) is -0.0668. The van der Waals surface area contributed by atoms with Crippen LogP contribution in [0.4, 0.5) is 4.39 Å². The van der Waals surface area contributed by atoms with Crippen molar-refractivity contribution in [1.29, 1.82) is 0 Å². The molecule has 0 fully saturated rings. The minimum atomic E-state index is -0.457. The number of aromatic nitrogens is 1. The fourth-order valence-corrected chi connectivity index (χ4v) is 2.16. The molecule has 106 valence electrons. The van der Waals surface area contributed by atoms with Crippen molar-refractivity contribution >= 4 is 15.9 Å². The average molecular weight is 340 g/mol. The average Bonchev–Trinajstić information content (AvgIpc) is 2.43. The maximum absolute atomic E-state index is 13.7. The molecule has 2 aromatic rings. The Kier molecular flexibility index (Phi) is 5.09. The lowest BCUT2D eigenvalue weighted by Crippen LogP contribution is -1.98. The first kappa shape index (κ1) is 14.9. The van der Waals surface area contributed by atoms with Gasteiger partial charge < -0.3 is 9.84 Å². The summed E-state index contributed by atoms with van der Waals surface area (Å²) in [6.07, 6.45) is 1.72. The number of halogens is 2. The molecule has 0 aliphatic rings. The number of aliphatic hydroxyl groups excluding tert-OH is 1. The maximum atomic E-state index is 13.7. The van der Waals surface area contributed by atoms with E-state index in [0.29, 0.717) is 5.56 Å². The van der Waals surface area contributed by atoms with Crippen molar-refractivity contribution in [3.05, 3.63) is 51.9 Å². The van der Waals surface area contributed by atoms with Crippen LogP contribution in [0, 0.1) is 5.82 Å². The lowest BCUT2D eigenvalue weighted by Gasteiger charge is -2.09. The van der Waals surface area contributed by atoms with Crippen molar-refractivity contribution in [2.75, 3.05) is 0 Å². The molecule has 5 heteroatoms. The molecule has 2 rings (SSSR count). The van der Waals surface area contributed by atoms with Crippen molar-refractivity contribution in [2.45, 2.75) is 26.4 Å². The van der Waals surface area contributed by atoms with Gasteiger partial charge in [0.05, 0.1) is 6.61 Å². The predicted octanol–water partition coefficient (Wildman–Crippen LogP) is 4.22. The van der Waals surface area contributed by atoms with Crippen LogP contribution in [0.2, 0.25) is 0 Å². The molecule has 0 atom stereocenters. The molecule has 0 saturated carbocycles. The van der Waals surface area contributed by atoms with Crippen molar-refractivity contribution in [3.63, 3.8) is 0 Å². The maximum Gasteiger partial charge on any atom is 0.219 e. The van der Waals surface area contributed by atoms with Crippen LogP contribution in [0.1, 0.15) is 24.6 Å². The third kappa shape index (κ3) is 3.77. The van der Waals surface area contributed by atoms with Gasteiger partial charge >= 0.3 is 0 Å². The van der Waals surface area contributed by atoms with E-state index >= 15 is 0 Å². The molecule has 0 aliphatic carbocycles. The lowest BCUT2D eigenvalue weighted by atomic mass is 10.2. The molecule has 0 saturated heterocycles. The summed E-state index contributed by atoms with van der Waals surface area (Å²) < 4.78 is 19.9. The summed E-state index contributed by atoms with van der Waals surface area (Å²) in [6, 6.07) is 7.90. The zero-order valence-electron chi connectivity index (χ0n) is 11.1. The van der Waals surface area contributed by atoms with Crippen LogP contribution in [-0.4, -0.2) is 10.1 Å². The molecular formula is C15H15BrFNO2. The summed E-state index contributed by atoms with van der Waals surface area (Å²) in [4.78, 5) is 4.32. The molecule has 1 aromatic heterocycles.